The van der Waals surface area contributed by atoms with E-state index >= 15 is 0 Å². The molecule has 0 spiro atoms. The highest BCUT2D eigenvalue weighted by Crippen LogP contribution is 2.37. The van der Waals surface area contributed by atoms with Crippen LogP contribution in [0.25, 0.3) is 6.08 Å². The lowest BCUT2D eigenvalue weighted by molar-refractivity contribution is -0.115. The Bertz CT molecular complexity index is 1220. The molecule has 0 amide bonds. The van der Waals surface area contributed by atoms with E-state index in [0.29, 0.717) is 0 Å². The molecule has 2 atom stereocenters. The van der Waals surface area contributed by atoms with Gasteiger partial charge in [0.2, 0.25) is 0 Å². The Hall–Kier alpha value is -2.64. The predicted octanol–water partition coefficient (Wildman–Crippen LogP) is 5.96. The largest absolute Gasteiger partial charge is 0.406 e. The van der Waals surface area contributed by atoms with Crippen molar-refractivity contribution in [2.24, 2.45) is 0 Å². The first kappa shape index (κ1) is 30.9. The summed E-state index contributed by atoms with van der Waals surface area (Å²) in [7, 11) is -4.16. The highest BCUT2D eigenvalue weighted by molar-refractivity contribution is 7.84. The minimum Gasteiger partial charge on any atom is -0.406 e. The van der Waals surface area contributed by atoms with Gasteiger partial charge in [-0.05, 0) is 54.7 Å². The maximum atomic E-state index is 13.2. The second-order valence-electron chi connectivity index (χ2n) is 12.1. The molecular formula is C33H43NO3SSi. The Balaban J connectivity index is 1.94. The van der Waals surface area contributed by atoms with E-state index in [-0.39, 0.29) is 23.8 Å². The Morgan fingerprint density at radius 3 is 1.85 bits per heavy atom. The molecular weight excluding hydrogens is 519 g/mol. The number of rotatable bonds is 11. The fraction of sp³-hybridized carbons (Fsp3) is 0.364. The van der Waals surface area contributed by atoms with Crippen molar-refractivity contribution in [3.63, 3.8) is 0 Å². The van der Waals surface area contributed by atoms with Crippen LogP contribution in [0.1, 0.15) is 59.1 Å². The number of carbonyl (C=O) groups is 1. The Morgan fingerprint density at radius 1 is 0.872 bits per heavy atom. The summed E-state index contributed by atoms with van der Waals surface area (Å²) in [5, 5.41) is 2.15. The Kier molecular flexibility index (Phi) is 10.4. The molecule has 0 aliphatic carbocycles. The van der Waals surface area contributed by atoms with E-state index in [1.165, 1.54) is 15.9 Å². The normalized spacial score (nSPS) is 14.3. The summed E-state index contributed by atoms with van der Waals surface area (Å²) in [5.74, 6) is -0.0370. The van der Waals surface area contributed by atoms with E-state index in [4.69, 9.17) is 4.43 Å². The van der Waals surface area contributed by atoms with Gasteiger partial charge < -0.3 is 4.43 Å². The number of hydrogen-bond donors (Lipinski definition) is 1. The third-order valence-corrected chi connectivity index (χ3v) is 13.4. The number of hydrogen-bond acceptors (Lipinski definition) is 3. The zero-order valence-electron chi connectivity index (χ0n) is 24.4. The molecule has 0 radical (unpaired) electrons. The number of benzene rings is 3. The smallest absolute Gasteiger partial charge is 0.261 e. The van der Waals surface area contributed by atoms with Crippen LogP contribution in [-0.4, -0.2) is 35.7 Å². The molecule has 39 heavy (non-hydrogen) atoms. The fourth-order valence-electron chi connectivity index (χ4n) is 4.63. The van der Waals surface area contributed by atoms with Gasteiger partial charge in [0.15, 0.2) is 5.78 Å². The molecule has 4 nitrogen and oxygen atoms in total. The van der Waals surface area contributed by atoms with Crippen LogP contribution in [0.3, 0.4) is 0 Å². The quantitative estimate of drug-likeness (QED) is 0.232. The summed E-state index contributed by atoms with van der Waals surface area (Å²) in [4.78, 5) is 13.1. The summed E-state index contributed by atoms with van der Waals surface area (Å²) in [6, 6.07) is 28.5. The molecule has 3 rings (SSSR count). The number of allylic oxidation sites excluding steroid dienone is 1. The molecule has 0 saturated carbocycles. The van der Waals surface area contributed by atoms with Crippen LogP contribution in [-0.2, 0) is 20.2 Å². The third kappa shape index (κ3) is 8.18. The summed E-state index contributed by atoms with van der Waals surface area (Å²) < 4.78 is 23.0. The average molecular weight is 562 g/mol. The van der Waals surface area contributed by atoms with Crippen LogP contribution in [0.2, 0.25) is 5.04 Å². The number of carbonyl (C=O) groups excluding carboxylic acids is 1. The van der Waals surface area contributed by atoms with Gasteiger partial charge in [-0.25, -0.2) is 8.93 Å². The zero-order valence-corrected chi connectivity index (χ0v) is 26.2. The Labute approximate surface area is 238 Å². The van der Waals surface area contributed by atoms with Gasteiger partial charge in [-0.15, -0.1) is 0 Å². The van der Waals surface area contributed by atoms with Gasteiger partial charge in [0, 0.05) is 12.5 Å². The number of ketones is 1. The van der Waals surface area contributed by atoms with Gasteiger partial charge in [-0.1, -0.05) is 117 Å². The van der Waals surface area contributed by atoms with Crippen LogP contribution < -0.4 is 15.1 Å². The van der Waals surface area contributed by atoms with Crippen LogP contribution in [0, 0.1) is 6.92 Å². The first-order valence-corrected chi connectivity index (χ1v) is 16.6. The van der Waals surface area contributed by atoms with E-state index in [1.807, 2.05) is 70.2 Å². The van der Waals surface area contributed by atoms with Gasteiger partial charge in [0.1, 0.15) is 0 Å². The molecule has 1 unspecified atom stereocenters. The van der Waals surface area contributed by atoms with Gasteiger partial charge in [-0.3, -0.25) is 4.79 Å². The minimum absolute atomic E-state index is 0.0370. The van der Waals surface area contributed by atoms with E-state index < -0.39 is 30.1 Å². The second-order valence-corrected chi connectivity index (χ2v) is 18.4. The van der Waals surface area contributed by atoms with E-state index in [1.54, 1.807) is 6.08 Å². The molecule has 0 bridgehead atoms. The third-order valence-electron chi connectivity index (χ3n) is 6.73. The topological polar surface area (TPSA) is 55.4 Å². The fourth-order valence-corrected chi connectivity index (χ4v) is 10.0. The lowest BCUT2D eigenvalue weighted by atomic mass is 10.1. The minimum atomic E-state index is -2.80. The monoisotopic (exact) mass is 561 g/mol. The van der Waals surface area contributed by atoms with Gasteiger partial charge in [0.25, 0.3) is 8.32 Å². The molecule has 0 fully saturated rings. The average Bonchev–Trinajstić information content (AvgIpc) is 2.88. The molecule has 0 aliphatic heterocycles. The number of aryl methyl sites for hydroxylation is 1. The molecule has 208 valence electrons. The predicted molar refractivity (Wildman–Crippen MR) is 168 cm³/mol. The van der Waals surface area contributed by atoms with Crippen molar-refractivity contribution in [2.75, 3.05) is 6.61 Å². The van der Waals surface area contributed by atoms with Crippen molar-refractivity contribution in [2.45, 2.75) is 70.7 Å². The van der Waals surface area contributed by atoms with Gasteiger partial charge >= 0.3 is 0 Å². The molecule has 1 N–H and O–H groups in total. The molecule has 0 aromatic heterocycles. The van der Waals surface area contributed by atoms with Crippen molar-refractivity contribution in [1.82, 2.24) is 4.72 Å². The molecule has 0 aliphatic rings. The highest BCUT2D eigenvalue weighted by Gasteiger charge is 2.50. The first-order valence-electron chi connectivity index (χ1n) is 13.5. The van der Waals surface area contributed by atoms with E-state index in [0.717, 1.165) is 5.56 Å². The van der Waals surface area contributed by atoms with E-state index in [9.17, 15) is 9.00 Å². The van der Waals surface area contributed by atoms with Crippen molar-refractivity contribution < 1.29 is 13.4 Å². The maximum Gasteiger partial charge on any atom is 0.261 e. The first-order chi connectivity index (χ1) is 18.3. The van der Waals surface area contributed by atoms with Crippen LogP contribution in [0.15, 0.2) is 91.0 Å². The Morgan fingerprint density at radius 2 is 1.38 bits per heavy atom. The summed E-state index contributed by atoms with van der Waals surface area (Å²) >= 11 is 0. The highest BCUT2D eigenvalue weighted by atomic mass is 32.2. The molecule has 0 heterocycles. The van der Waals surface area contributed by atoms with Gasteiger partial charge in [-0.2, -0.15) is 0 Å². The van der Waals surface area contributed by atoms with Crippen LogP contribution in [0.4, 0.5) is 0 Å². The summed E-state index contributed by atoms with van der Waals surface area (Å²) in [5.41, 5.74) is 2.15. The number of nitrogens with one attached hydrogen (secondary N) is 1. The standard InChI is InChI=1S/C33H43NO3SSi/c1-26-18-20-27(21-19-26)22-23-29(35)24-28(34-38(36)32(2,3)4)25-37-39(33(5,6)7,30-14-10-8-11-15-30)31-16-12-9-13-17-31/h8-23,28,34H,24-25H2,1-7H3/b23-22+/t28-,38?/m1/s1. The van der Waals surface area contributed by atoms with Crippen molar-refractivity contribution in [3.05, 3.63) is 102 Å². The SMILES string of the molecule is Cc1ccc(/C=C/C(=O)C[C@H](CO[Si](c2ccccc2)(c2ccccc2)C(C)(C)C)NS(=O)C(C)(C)C)cc1. The van der Waals surface area contributed by atoms with Crippen molar-refractivity contribution >= 4 is 41.5 Å². The molecule has 0 saturated heterocycles. The zero-order chi connectivity index (χ0) is 28.7. The molecule has 3 aromatic carbocycles. The summed E-state index contributed by atoms with van der Waals surface area (Å²) in [6.07, 6.45) is 3.63. The van der Waals surface area contributed by atoms with Gasteiger partial charge in [0.05, 0.1) is 22.3 Å². The van der Waals surface area contributed by atoms with Crippen LogP contribution >= 0.6 is 0 Å². The van der Waals surface area contributed by atoms with Crippen molar-refractivity contribution in [3.8, 4) is 0 Å². The maximum absolute atomic E-state index is 13.2. The van der Waals surface area contributed by atoms with Crippen molar-refractivity contribution in [1.29, 1.82) is 0 Å². The summed E-state index contributed by atoms with van der Waals surface area (Å²) in [6.45, 7) is 14.8. The molecule has 6 heteroatoms. The lowest BCUT2D eigenvalue weighted by Gasteiger charge is -2.43. The van der Waals surface area contributed by atoms with Crippen LogP contribution in [0.5, 0.6) is 0 Å². The molecule has 3 aromatic rings. The lowest BCUT2D eigenvalue weighted by Crippen LogP contribution is -2.67. The van der Waals surface area contributed by atoms with E-state index in [2.05, 4.69) is 74.0 Å². The second kappa shape index (κ2) is 13.1.